The van der Waals surface area contributed by atoms with Gasteiger partial charge < -0.3 is 4.18 Å². The van der Waals surface area contributed by atoms with Crippen molar-refractivity contribution in [2.75, 3.05) is 11.5 Å². The maximum atomic E-state index is 4.77. The molecule has 0 aromatic carbocycles. The van der Waals surface area contributed by atoms with E-state index in [1.807, 2.05) is 18.7 Å². The van der Waals surface area contributed by atoms with Crippen molar-refractivity contribution in [2.24, 2.45) is 0 Å². The normalized spacial score (nSPS) is 13.7. The van der Waals surface area contributed by atoms with Crippen molar-refractivity contribution < 1.29 is 4.18 Å². The molecule has 3 heteroatoms. The summed E-state index contributed by atoms with van der Waals surface area (Å²) in [5.74, 6) is 2.28. The standard InChI is InChI=1S/C6H14OS2/c1-3-4-9-5-6(2)7-8/h6,8H,3-5H2,1-2H3. The minimum atomic E-state index is 0.282. The molecule has 0 saturated heterocycles. The van der Waals surface area contributed by atoms with Gasteiger partial charge in [-0.05, 0) is 32.0 Å². The monoisotopic (exact) mass is 166 g/mol. The third-order valence-corrected chi connectivity index (χ3v) is 2.64. The molecule has 0 aromatic rings. The molecule has 56 valence electrons. The lowest BCUT2D eigenvalue weighted by molar-refractivity contribution is 0.301. The van der Waals surface area contributed by atoms with Crippen LogP contribution in [-0.4, -0.2) is 17.6 Å². The second kappa shape index (κ2) is 6.78. The van der Waals surface area contributed by atoms with E-state index in [2.05, 4.69) is 19.8 Å². The van der Waals surface area contributed by atoms with Crippen LogP contribution in [0.3, 0.4) is 0 Å². The first-order chi connectivity index (χ1) is 4.31. The average Bonchev–Trinajstić information content (AvgIpc) is 1.89. The Labute approximate surface area is 67.2 Å². The molecule has 0 bridgehead atoms. The molecule has 1 atom stereocenters. The summed E-state index contributed by atoms with van der Waals surface area (Å²) >= 11 is 5.62. The van der Waals surface area contributed by atoms with Crippen molar-refractivity contribution in [3.63, 3.8) is 0 Å². The molecule has 1 nitrogen and oxygen atoms in total. The van der Waals surface area contributed by atoms with Crippen LogP contribution in [0.5, 0.6) is 0 Å². The molecule has 0 aliphatic heterocycles. The topological polar surface area (TPSA) is 9.23 Å². The minimum absolute atomic E-state index is 0.282. The number of hydrogen-bond donors (Lipinski definition) is 1. The molecule has 0 N–H and O–H groups in total. The molecule has 0 rings (SSSR count). The van der Waals surface area contributed by atoms with Gasteiger partial charge >= 0.3 is 0 Å². The largest absolute Gasteiger partial charge is 0.315 e. The van der Waals surface area contributed by atoms with Gasteiger partial charge in [0.2, 0.25) is 0 Å². The van der Waals surface area contributed by atoms with Gasteiger partial charge in [0.05, 0.1) is 6.10 Å². The number of thioether (sulfide) groups is 1. The SMILES string of the molecule is CCCSCC(C)OS. The predicted octanol–water partition coefficient (Wildman–Crippen LogP) is 2.38. The van der Waals surface area contributed by atoms with Gasteiger partial charge in [0.25, 0.3) is 0 Å². The van der Waals surface area contributed by atoms with Crippen LogP contribution in [0.15, 0.2) is 0 Å². The fraction of sp³-hybridized carbons (Fsp3) is 1.00. The lowest BCUT2D eigenvalue weighted by Gasteiger charge is -2.05. The molecular weight excluding hydrogens is 152 g/mol. The maximum absolute atomic E-state index is 4.77. The highest BCUT2D eigenvalue weighted by Gasteiger charge is 1.97. The molecule has 9 heavy (non-hydrogen) atoms. The Morgan fingerprint density at radius 2 is 2.33 bits per heavy atom. The highest BCUT2D eigenvalue weighted by molar-refractivity contribution is 7.99. The van der Waals surface area contributed by atoms with Gasteiger partial charge in [0.15, 0.2) is 0 Å². The molecule has 0 spiro atoms. The summed E-state index contributed by atoms with van der Waals surface area (Å²) in [6.45, 7) is 4.20. The second-order valence-electron chi connectivity index (χ2n) is 1.99. The first-order valence-electron chi connectivity index (χ1n) is 3.19. The summed E-state index contributed by atoms with van der Waals surface area (Å²) in [6.07, 6.45) is 1.52. The van der Waals surface area contributed by atoms with E-state index in [4.69, 9.17) is 4.18 Å². The van der Waals surface area contributed by atoms with Gasteiger partial charge in [-0.1, -0.05) is 6.92 Å². The zero-order chi connectivity index (χ0) is 7.11. The summed E-state index contributed by atoms with van der Waals surface area (Å²) in [7, 11) is 0. The van der Waals surface area contributed by atoms with Crippen LogP contribution < -0.4 is 0 Å². The smallest absolute Gasteiger partial charge is 0.0781 e. The third kappa shape index (κ3) is 6.55. The van der Waals surface area contributed by atoms with Gasteiger partial charge in [0, 0.05) is 5.75 Å². The Balaban J connectivity index is 2.88. The quantitative estimate of drug-likeness (QED) is 0.381. The van der Waals surface area contributed by atoms with Crippen LogP contribution in [0, 0.1) is 0 Å². The van der Waals surface area contributed by atoms with Gasteiger partial charge in [-0.15, -0.1) is 0 Å². The minimum Gasteiger partial charge on any atom is -0.315 e. The third-order valence-electron chi connectivity index (χ3n) is 0.881. The number of thiol groups is 1. The summed E-state index contributed by atoms with van der Waals surface area (Å²) < 4.78 is 4.77. The van der Waals surface area contributed by atoms with E-state index in [9.17, 15) is 0 Å². The molecule has 0 heterocycles. The Kier molecular flexibility index (Phi) is 7.27. The Morgan fingerprint density at radius 3 is 2.78 bits per heavy atom. The summed E-state index contributed by atoms with van der Waals surface area (Å²) in [5, 5.41) is 0. The van der Waals surface area contributed by atoms with E-state index in [1.54, 1.807) is 0 Å². The molecule has 0 aliphatic carbocycles. The lowest BCUT2D eigenvalue weighted by Crippen LogP contribution is -2.04. The summed E-state index contributed by atoms with van der Waals surface area (Å²) in [6, 6.07) is 0. The molecule has 0 amide bonds. The average molecular weight is 166 g/mol. The summed E-state index contributed by atoms with van der Waals surface area (Å²) in [5.41, 5.74) is 0. The van der Waals surface area contributed by atoms with Crippen molar-refractivity contribution in [1.29, 1.82) is 0 Å². The van der Waals surface area contributed by atoms with Crippen LogP contribution in [0.25, 0.3) is 0 Å². The molecule has 0 radical (unpaired) electrons. The van der Waals surface area contributed by atoms with Gasteiger partial charge in [-0.3, -0.25) is 0 Å². The highest BCUT2D eigenvalue weighted by Crippen LogP contribution is 2.07. The molecule has 0 aliphatic rings. The molecule has 0 aromatic heterocycles. The van der Waals surface area contributed by atoms with Crippen LogP contribution in [0.1, 0.15) is 20.3 Å². The van der Waals surface area contributed by atoms with Crippen LogP contribution in [0.4, 0.5) is 0 Å². The van der Waals surface area contributed by atoms with E-state index in [1.165, 1.54) is 12.2 Å². The lowest BCUT2D eigenvalue weighted by atomic mass is 10.5. The van der Waals surface area contributed by atoms with Crippen molar-refractivity contribution in [3.8, 4) is 0 Å². The maximum Gasteiger partial charge on any atom is 0.0781 e. The molecule has 0 saturated carbocycles. The van der Waals surface area contributed by atoms with Crippen molar-refractivity contribution >= 4 is 24.7 Å². The zero-order valence-electron chi connectivity index (χ0n) is 5.96. The van der Waals surface area contributed by atoms with E-state index in [0.717, 1.165) is 5.75 Å². The Hall–Kier alpha value is 0.660. The van der Waals surface area contributed by atoms with E-state index in [-0.39, 0.29) is 6.10 Å². The number of hydrogen-bond acceptors (Lipinski definition) is 3. The fourth-order valence-electron chi connectivity index (χ4n) is 0.424. The van der Waals surface area contributed by atoms with Gasteiger partial charge in [-0.25, -0.2) is 0 Å². The second-order valence-corrected chi connectivity index (χ2v) is 3.35. The van der Waals surface area contributed by atoms with E-state index >= 15 is 0 Å². The Morgan fingerprint density at radius 1 is 1.67 bits per heavy atom. The van der Waals surface area contributed by atoms with Crippen molar-refractivity contribution in [3.05, 3.63) is 0 Å². The van der Waals surface area contributed by atoms with Gasteiger partial charge in [0.1, 0.15) is 0 Å². The molecule has 0 fully saturated rings. The van der Waals surface area contributed by atoms with Crippen LogP contribution >= 0.6 is 24.7 Å². The summed E-state index contributed by atoms with van der Waals surface area (Å²) in [4.78, 5) is 0. The zero-order valence-corrected chi connectivity index (χ0v) is 7.67. The highest BCUT2D eigenvalue weighted by atomic mass is 32.2. The van der Waals surface area contributed by atoms with E-state index < -0.39 is 0 Å². The Bertz CT molecular complexity index is 59.0. The fourth-order valence-corrected chi connectivity index (χ4v) is 1.45. The predicted molar refractivity (Wildman–Crippen MR) is 47.1 cm³/mol. The molecular formula is C6H14OS2. The van der Waals surface area contributed by atoms with Crippen LogP contribution in [-0.2, 0) is 4.18 Å². The van der Waals surface area contributed by atoms with Gasteiger partial charge in [-0.2, -0.15) is 11.8 Å². The molecule has 1 unspecified atom stereocenters. The van der Waals surface area contributed by atoms with Crippen molar-refractivity contribution in [1.82, 2.24) is 0 Å². The van der Waals surface area contributed by atoms with E-state index in [0.29, 0.717) is 0 Å². The number of rotatable bonds is 5. The van der Waals surface area contributed by atoms with Crippen LogP contribution in [0.2, 0.25) is 0 Å². The first kappa shape index (κ1) is 9.66. The van der Waals surface area contributed by atoms with Crippen molar-refractivity contribution in [2.45, 2.75) is 26.4 Å². The first-order valence-corrected chi connectivity index (χ1v) is 4.71.